The van der Waals surface area contributed by atoms with Gasteiger partial charge in [0.15, 0.2) is 33.9 Å². The molecular weight excluding hydrogens is 989 g/mol. The minimum atomic E-state index is -2.90. The molecule has 0 radical (unpaired) electrons. The van der Waals surface area contributed by atoms with Crippen molar-refractivity contribution in [3.63, 3.8) is 0 Å². The van der Waals surface area contributed by atoms with Crippen LogP contribution in [0.5, 0.6) is 23.0 Å². The van der Waals surface area contributed by atoms with Crippen LogP contribution in [0, 0.1) is 10.8 Å². The molecule has 2 aromatic heterocycles. The molecule has 0 bridgehead atoms. The Kier molecular flexibility index (Phi) is 17.2. The number of pyridine rings is 2. The molecule has 2 aromatic carbocycles. The van der Waals surface area contributed by atoms with E-state index in [1.807, 2.05) is 33.4 Å². The van der Waals surface area contributed by atoms with Crippen LogP contribution in [-0.4, -0.2) is 99.6 Å². The summed E-state index contributed by atoms with van der Waals surface area (Å²) >= 11 is 0. The first-order valence-corrected chi connectivity index (χ1v) is 30.0. The van der Waals surface area contributed by atoms with Gasteiger partial charge in [-0.1, -0.05) is 66.2 Å². The number of fused-ring (bicyclic) bond motifs is 12. The quantitative estimate of drug-likeness (QED) is 0.0699. The highest BCUT2D eigenvalue weighted by molar-refractivity contribution is 7.90. The number of hydrogen-bond donors (Lipinski definition) is 2. The fourth-order valence-corrected chi connectivity index (χ4v) is 13.4. The average molecular weight is 1060 g/mol. The Bertz CT molecular complexity index is 2890. The van der Waals surface area contributed by atoms with E-state index in [4.69, 9.17) is 18.9 Å². The number of benzene rings is 2. The molecule has 2 fully saturated rings. The largest absolute Gasteiger partial charge is 0.493 e. The number of methoxy groups -OCH3 is 2. The highest BCUT2D eigenvalue weighted by Gasteiger charge is 2.49. The second-order valence-corrected chi connectivity index (χ2v) is 26.6. The molecule has 404 valence electrons. The molecular formula is C56H74N2O14S2. The molecule has 0 amide bonds. The van der Waals surface area contributed by atoms with Gasteiger partial charge in [-0.3, -0.25) is 9.59 Å². The average Bonchev–Trinajstić information content (AvgIpc) is 3.83. The number of hydrogen-bond acceptors (Lipinski definition) is 12. The predicted octanol–water partition coefficient (Wildman–Crippen LogP) is 10.1. The number of rotatable bonds is 22. The van der Waals surface area contributed by atoms with E-state index in [9.17, 15) is 46.2 Å². The van der Waals surface area contributed by atoms with Crippen LogP contribution in [0.1, 0.15) is 173 Å². The third-order valence-corrected chi connectivity index (χ3v) is 17.7. The van der Waals surface area contributed by atoms with E-state index in [1.54, 1.807) is 14.2 Å². The van der Waals surface area contributed by atoms with Gasteiger partial charge in [0.25, 0.3) is 0 Å². The first-order chi connectivity index (χ1) is 34.9. The third kappa shape index (κ3) is 12.5. The second kappa shape index (κ2) is 22.7. The van der Waals surface area contributed by atoms with Crippen molar-refractivity contribution < 1.29 is 55.6 Å². The molecule has 0 saturated heterocycles. The maximum Gasteiger partial charge on any atom is 0.341 e. The van der Waals surface area contributed by atoms with Gasteiger partial charge >= 0.3 is 11.9 Å². The standard InChI is InChI=1S/2C28H37NO7S/c2*1-28(2)11-10-18-19-14-25(36-12-8-6-5-7-9-13-37(4,33)34)24(35-3)15-20(19)22-16-23(30)21(27(31)32)17-29(22)26(18)28/h2*14-18,26H,5-13H2,1-4H3,(H,31,32)/t2*18-,26+/m10/s1. The maximum atomic E-state index is 12.7. The summed E-state index contributed by atoms with van der Waals surface area (Å²) in [5.74, 6) is 0.871. The number of carbonyl (C=O) groups is 2. The lowest BCUT2D eigenvalue weighted by atomic mass is 9.77. The number of nitrogens with zero attached hydrogens (tertiary/aromatic N) is 2. The number of aromatic carboxylic acids is 2. The fraction of sp³-hybridized carbons (Fsp3) is 0.571. The molecule has 74 heavy (non-hydrogen) atoms. The Balaban J connectivity index is 0.000000216. The zero-order valence-corrected chi connectivity index (χ0v) is 45.8. The number of carboxylic acids is 2. The van der Waals surface area contributed by atoms with Crippen molar-refractivity contribution in [1.82, 2.24) is 9.13 Å². The van der Waals surface area contributed by atoms with Gasteiger partial charge in [0.1, 0.15) is 30.8 Å². The Morgan fingerprint density at radius 2 is 0.905 bits per heavy atom. The lowest BCUT2D eigenvalue weighted by Crippen LogP contribution is -2.32. The molecule has 8 rings (SSSR count). The Labute approximate surface area is 435 Å². The molecule has 4 heterocycles. The summed E-state index contributed by atoms with van der Waals surface area (Å²) in [4.78, 5) is 48.7. The van der Waals surface area contributed by atoms with Gasteiger partial charge in [0, 0.05) is 83.6 Å². The van der Waals surface area contributed by atoms with E-state index in [0.29, 0.717) is 60.4 Å². The molecule has 2 aliphatic carbocycles. The molecule has 4 aliphatic rings. The minimum Gasteiger partial charge on any atom is -0.493 e. The molecule has 2 aliphatic heterocycles. The maximum absolute atomic E-state index is 12.7. The highest BCUT2D eigenvalue weighted by Crippen LogP contribution is 2.61. The lowest BCUT2D eigenvalue weighted by Gasteiger charge is -2.40. The van der Waals surface area contributed by atoms with E-state index in [0.717, 1.165) is 99.3 Å². The van der Waals surface area contributed by atoms with Crippen molar-refractivity contribution in [2.24, 2.45) is 10.8 Å². The van der Waals surface area contributed by atoms with Crippen molar-refractivity contribution in [3.8, 4) is 45.5 Å². The van der Waals surface area contributed by atoms with Crippen molar-refractivity contribution in [2.45, 2.75) is 142 Å². The molecule has 4 atom stereocenters. The molecule has 0 spiro atoms. The van der Waals surface area contributed by atoms with Crippen LogP contribution in [0.4, 0.5) is 0 Å². The predicted molar refractivity (Wildman–Crippen MR) is 285 cm³/mol. The van der Waals surface area contributed by atoms with Crippen LogP contribution < -0.4 is 29.8 Å². The zero-order chi connectivity index (χ0) is 53.9. The molecule has 16 nitrogen and oxygen atoms in total. The lowest BCUT2D eigenvalue weighted by molar-refractivity contribution is 0.0683. The number of sulfone groups is 2. The zero-order valence-electron chi connectivity index (χ0n) is 44.2. The summed E-state index contributed by atoms with van der Waals surface area (Å²) in [5.41, 5.74) is 3.81. The number of unbranched alkanes of at least 4 members (excludes halogenated alkanes) is 8. The van der Waals surface area contributed by atoms with Gasteiger partial charge in [-0.05, 0) is 97.6 Å². The van der Waals surface area contributed by atoms with Gasteiger partial charge in [0.2, 0.25) is 0 Å². The van der Waals surface area contributed by atoms with Crippen LogP contribution in [0.2, 0.25) is 0 Å². The van der Waals surface area contributed by atoms with Gasteiger partial charge in [-0.2, -0.15) is 0 Å². The van der Waals surface area contributed by atoms with Crippen LogP contribution >= 0.6 is 0 Å². The Morgan fingerprint density at radius 3 is 1.24 bits per heavy atom. The summed E-state index contributed by atoms with van der Waals surface area (Å²) in [6.07, 6.45) is 18.1. The van der Waals surface area contributed by atoms with Crippen LogP contribution in [0.3, 0.4) is 0 Å². The smallest absolute Gasteiger partial charge is 0.341 e. The van der Waals surface area contributed by atoms with Gasteiger partial charge in [0.05, 0.1) is 38.8 Å². The van der Waals surface area contributed by atoms with Crippen molar-refractivity contribution in [1.29, 1.82) is 0 Å². The number of aromatic nitrogens is 2. The third-order valence-electron chi connectivity index (χ3n) is 15.6. The van der Waals surface area contributed by atoms with E-state index in [2.05, 4.69) is 27.7 Å². The first kappa shape index (κ1) is 56.1. The first-order valence-electron chi connectivity index (χ1n) is 25.9. The highest BCUT2D eigenvalue weighted by atomic mass is 32.2. The van der Waals surface area contributed by atoms with E-state index in [-0.39, 0.29) is 57.4 Å². The summed E-state index contributed by atoms with van der Waals surface area (Å²) in [6.45, 7) is 9.84. The summed E-state index contributed by atoms with van der Waals surface area (Å²) < 4.78 is 72.6. The number of ether oxygens (including phenoxy) is 4. The number of carboxylic acid groups (broad SMARTS) is 2. The summed E-state index contributed by atoms with van der Waals surface area (Å²) in [6, 6.07) is 10.8. The van der Waals surface area contributed by atoms with E-state index in [1.165, 1.54) is 37.0 Å². The van der Waals surface area contributed by atoms with Crippen molar-refractivity contribution >= 4 is 31.6 Å². The minimum absolute atomic E-state index is 0.0295. The molecule has 2 saturated carbocycles. The second-order valence-electron chi connectivity index (χ2n) is 22.1. The Hall–Kier alpha value is -5.62. The van der Waals surface area contributed by atoms with Gasteiger partial charge in [-0.25, -0.2) is 26.4 Å². The SMILES string of the molecule is COc1cc2c(cc1OCCCCCCCS(C)(=O)=O)[C@@H]1CCC(C)(C)[C@@H]1n1cc(C(=O)O)c(=O)cc1-2.COc1cc2c(cc1OCCCCCCCS(C)(=O)=O)[C@H]1CCC(C)(C)[C@H]1n1cc(C(=O)O)c(=O)cc1-2. The van der Waals surface area contributed by atoms with Gasteiger partial charge in [-0.15, -0.1) is 0 Å². The Morgan fingerprint density at radius 1 is 0.554 bits per heavy atom. The molecule has 2 N–H and O–H groups in total. The normalized spacial score (nSPS) is 19.6. The molecule has 18 heteroatoms. The molecule has 4 aromatic rings. The van der Waals surface area contributed by atoms with E-state index < -0.39 is 42.5 Å². The van der Waals surface area contributed by atoms with E-state index >= 15 is 0 Å². The van der Waals surface area contributed by atoms with Crippen LogP contribution in [0.25, 0.3) is 22.5 Å². The van der Waals surface area contributed by atoms with Crippen molar-refractivity contribution in [2.75, 3.05) is 51.5 Å². The fourth-order valence-electron chi connectivity index (χ4n) is 12.0. The van der Waals surface area contributed by atoms with Gasteiger partial charge < -0.3 is 38.3 Å². The van der Waals surface area contributed by atoms with Crippen molar-refractivity contribution in [3.05, 3.63) is 91.5 Å². The molecule has 0 unspecified atom stereocenters. The summed E-state index contributed by atoms with van der Waals surface area (Å²) in [5, 5.41) is 19.1. The monoisotopic (exact) mass is 1060 g/mol. The van der Waals surface area contributed by atoms with Crippen LogP contribution in [0.15, 0.2) is 58.4 Å². The summed E-state index contributed by atoms with van der Waals surface area (Å²) in [7, 11) is -2.63. The topological polar surface area (TPSA) is 224 Å². The van der Waals surface area contributed by atoms with Crippen LogP contribution in [-0.2, 0) is 19.7 Å².